The Morgan fingerprint density at radius 2 is 2.16 bits per heavy atom. The first-order chi connectivity index (χ1) is 12.1. The molecule has 25 heavy (non-hydrogen) atoms. The Bertz CT molecular complexity index is 989. The van der Waals surface area contributed by atoms with Gasteiger partial charge < -0.3 is 19.4 Å². The van der Waals surface area contributed by atoms with Gasteiger partial charge in [-0.25, -0.2) is 15.0 Å². The van der Waals surface area contributed by atoms with Crippen molar-refractivity contribution in [3.8, 4) is 23.4 Å². The fourth-order valence-corrected chi connectivity index (χ4v) is 2.92. The van der Waals surface area contributed by atoms with Crippen molar-refractivity contribution in [2.24, 2.45) is 0 Å². The SMILES string of the molecule is CC#Cc1nc2c(Cl)nc(-c3ccco3)nc2n1[C@@H]1OC[C@@H](O)[C@H]1O. The van der Waals surface area contributed by atoms with Gasteiger partial charge in [-0.2, -0.15) is 0 Å². The predicted molar refractivity (Wildman–Crippen MR) is 87.6 cm³/mol. The second-order valence-electron chi connectivity index (χ2n) is 5.45. The number of aliphatic hydroxyl groups is 2. The number of rotatable bonds is 2. The average molecular weight is 361 g/mol. The summed E-state index contributed by atoms with van der Waals surface area (Å²) < 4.78 is 12.4. The average Bonchev–Trinajstić information content (AvgIpc) is 3.30. The number of nitrogens with zero attached hydrogens (tertiary/aromatic N) is 4. The minimum Gasteiger partial charge on any atom is -0.461 e. The molecule has 9 heteroatoms. The van der Waals surface area contributed by atoms with Crippen LogP contribution in [0.3, 0.4) is 0 Å². The molecule has 3 aromatic rings. The molecule has 1 aliphatic rings. The molecule has 0 amide bonds. The van der Waals surface area contributed by atoms with E-state index in [0.717, 1.165) is 0 Å². The topological polar surface area (TPSA) is 106 Å². The molecule has 3 aromatic heterocycles. The molecule has 0 aliphatic carbocycles. The lowest BCUT2D eigenvalue weighted by atomic mass is 10.2. The van der Waals surface area contributed by atoms with Crippen molar-refractivity contribution in [1.29, 1.82) is 0 Å². The van der Waals surface area contributed by atoms with Crippen molar-refractivity contribution in [2.45, 2.75) is 25.4 Å². The summed E-state index contributed by atoms with van der Waals surface area (Å²) in [6, 6.07) is 3.41. The lowest BCUT2D eigenvalue weighted by molar-refractivity contribution is -0.0167. The molecule has 4 heterocycles. The predicted octanol–water partition coefficient (Wildman–Crippen LogP) is 1.36. The summed E-state index contributed by atoms with van der Waals surface area (Å²) in [4.78, 5) is 13.0. The highest BCUT2D eigenvalue weighted by molar-refractivity contribution is 6.33. The van der Waals surface area contributed by atoms with E-state index in [2.05, 4.69) is 26.8 Å². The molecular weight excluding hydrogens is 348 g/mol. The Morgan fingerprint density at radius 1 is 1.32 bits per heavy atom. The number of hydrogen-bond acceptors (Lipinski definition) is 7. The van der Waals surface area contributed by atoms with Crippen molar-refractivity contribution < 1.29 is 19.4 Å². The maximum Gasteiger partial charge on any atom is 0.199 e. The van der Waals surface area contributed by atoms with Crippen LogP contribution < -0.4 is 0 Å². The van der Waals surface area contributed by atoms with Gasteiger partial charge in [0.2, 0.25) is 0 Å². The van der Waals surface area contributed by atoms with E-state index in [1.54, 1.807) is 19.1 Å². The van der Waals surface area contributed by atoms with Crippen LogP contribution in [0.15, 0.2) is 22.8 Å². The smallest absolute Gasteiger partial charge is 0.199 e. The Kier molecular flexibility index (Phi) is 3.94. The fourth-order valence-electron chi connectivity index (χ4n) is 2.71. The van der Waals surface area contributed by atoms with Gasteiger partial charge in [-0.3, -0.25) is 4.57 Å². The van der Waals surface area contributed by atoms with Crippen molar-refractivity contribution in [3.05, 3.63) is 29.4 Å². The van der Waals surface area contributed by atoms with Crippen LogP contribution in [0.1, 0.15) is 19.0 Å². The number of aromatic nitrogens is 4. The summed E-state index contributed by atoms with van der Waals surface area (Å²) in [5, 5.41) is 20.2. The second kappa shape index (κ2) is 6.13. The molecule has 0 bridgehead atoms. The third kappa shape index (κ3) is 2.58. The third-order valence-electron chi connectivity index (χ3n) is 3.85. The van der Waals surface area contributed by atoms with Gasteiger partial charge in [0.25, 0.3) is 0 Å². The first kappa shape index (κ1) is 16.1. The molecule has 0 spiro atoms. The molecule has 3 atom stereocenters. The summed E-state index contributed by atoms with van der Waals surface area (Å²) in [5.74, 6) is 6.61. The highest BCUT2D eigenvalue weighted by Crippen LogP contribution is 2.32. The fraction of sp³-hybridized carbons (Fsp3) is 0.312. The first-order valence-electron chi connectivity index (χ1n) is 7.50. The van der Waals surface area contributed by atoms with Gasteiger partial charge in [0.1, 0.15) is 17.7 Å². The summed E-state index contributed by atoms with van der Waals surface area (Å²) in [6.07, 6.45) is -1.53. The lowest BCUT2D eigenvalue weighted by Gasteiger charge is -2.17. The Morgan fingerprint density at radius 3 is 2.80 bits per heavy atom. The monoisotopic (exact) mass is 360 g/mol. The van der Waals surface area contributed by atoms with E-state index in [0.29, 0.717) is 22.7 Å². The Balaban J connectivity index is 1.97. The summed E-state index contributed by atoms with van der Waals surface area (Å²) in [5.41, 5.74) is 0.661. The quantitative estimate of drug-likeness (QED) is 0.525. The minimum atomic E-state index is -1.14. The van der Waals surface area contributed by atoms with Crippen LogP contribution in [0.2, 0.25) is 5.15 Å². The lowest BCUT2D eigenvalue weighted by Crippen LogP contribution is -2.29. The van der Waals surface area contributed by atoms with E-state index in [9.17, 15) is 10.2 Å². The van der Waals surface area contributed by atoms with Crippen LogP contribution in [0.4, 0.5) is 0 Å². The number of ether oxygens (including phenoxy) is 1. The Labute approximate surface area is 147 Å². The van der Waals surface area contributed by atoms with Crippen LogP contribution >= 0.6 is 11.6 Å². The molecule has 128 valence electrons. The Hall–Kier alpha value is -2.44. The van der Waals surface area contributed by atoms with E-state index < -0.39 is 18.4 Å². The number of halogens is 1. The maximum atomic E-state index is 10.2. The van der Waals surface area contributed by atoms with Gasteiger partial charge in [-0.1, -0.05) is 17.5 Å². The molecule has 1 fully saturated rings. The minimum absolute atomic E-state index is 0.00560. The van der Waals surface area contributed by atoms with Crippen molar-refractivity contribution >= 4 is 22.8 Å². The summed E-state index contributed by atoms with van der Waals surface area (Å²) in [7, 11) is 0. The van der Waals surface area contributed by atoms with Gasteiger partial charge in [-0.15, -0.1) is 0 Å². The second-order valence-corrected chi connectivity index (χ2v) is 5.81. The van der Waals surface area contributed by atoms with Crippen molar-refractivity contribution in [1.82, 2.24) is 19.5 Å². The molecule has 2 N–H and O–H groups in total. The number of hydrogen-bond donors (Lipinski definition) is 2. The number of furan rings is 1. The largest absolute Gasteiger partial charge is 0.461 e. The molecule has 0 radical (unpaired) electrons. The standard InChI is InChI=1S/C16H13ClN4O4/c1-2-4-10-18-11-13(17)19-14(9-5-3-6-24-9)20-15(11)21(10)16-12(23)8(22)7-25-16/h3,5-6,8,12,16,22-23H,7H2,1H3/t8-,12-,16-/m1/s1. The molecule has 1 saturated heterocycles. The zero-order valence-electron chi connectivity index (χ0n) is 13.0. The van der Waals surface area contributed by atoms with Crippen molar-refractivity contribution in [2.75, 3.05) is 6.61 Å². The van der Waals surface area contributed by atoms with Gasteiger partial charge in [0, 0.05) is 0 Å². The zero-order valence-corrected chi connectivity index (χ0v) is 13.8. The number of fused-ring (bicyclic) bond motifs is 1. The van der Waals surface area contributed by atoms with Crippen molar-refractivity contribution in [3.63, 3.8) is 0 Å². The molecule has 8 nitrogen and oxygen atoms in total. The zero-order chi connectivity index (χ0) is 17.6. The number of imidazole rings is 1. The van der Waals surface area contributed by atoms with E-state index >= 15 is 0 Å². The van der Waals surface area contributed by atoms with E-state index in [1.807, 2.05) is 0 Å². The number of aliphatic hydroxyl groups excluding tert-OH is 2. The van der Waals surface area contributed by atoms with E-state index in [1.165, 1.54) is 10.8 Å². The first-order valence-corrected chi connectivity index (χ1v) is 7.87. The molecule has 0 saturated carbocycles. The molecule has 4 rings (SSSR count). The van der Waals surface area contributed by atoms with Gasteiger partial charge in [-0.05, 0) is 25.0 Å². The third-order valence-corrected chi connectivity index (χ3v) is 4.12. The highest BCUT2D eigenvalue weighted by Gasteiger charge is 2.38. The van der Waals surface area contributed by atoms with Crippen LogP contribution in [-0.2, 0) is 4.74 Å². The maximum absolute atomic E-state index is 10.2. The summed E-state index contributed by atoms with van der Waals surface area (Å²) in [6.45, 7) is 1.65. The molecule has 0 unspecified atom stereocenters. The van der Waals surface area contributed by atoms with E-state index in [-0.39, 0.29) is 17.6 Å². The van der Waals surface area contributed by atoms with Gasteiger partial charge >= 0.3 is 0 Å². The van der Waals surface area contributed by atoms with Crippen LogP contribution in [0, 0.1) is 11.8 Å². The normalized spacial score (nSPS) is 23.0. The van der Waals surface area contributed by atoms with E-state index in [4.69, 9.17) is 20.8 Å². The molecular formula is C16H13ClN4O4. The van der Waals surface area contributed by atoms with Crippen LogP contribution in [-0.4, -0.2) is 48.5 Å². The van der Waals surface area contributed by atoms with Gasteiger partial charge in [0.15, 0.2) is 34.4 Å². The highest BCUT2D eigenvalue weighted by atomic mass is 35.5. The summed E-state index contributed by atoms with van der Waals surface area (Å²) >= 11 is 6.27. The molecule has 1 aliphatic heterocycles. The van der Waals surface area contributed by atoms with Gasteiger partial charge in [0.05, 0.1) is 12.9 Å². The van der Waals surface area contributed by atoms with Crippen LogP contribution in [0.5, 0.6) is 0 Å². The van der Waals surface area contributed by atoms with Crippen LogP contribution in [0.25, 0.3) is 22.7 Å². The molecule has 0 aromatic carbocycles.